The highest BCUT2D eigenvalue weighted by atomic mass is 16.3. The second-order valence-corrected chi connectivity index (χ2v) is 5.94. The molecule has 0 aliphatic heterocycles. The number of nitrogens with zero attached hydrogens (tertiary/aromatic N) is 1. The van der Waals surface area contributed by atoms with Crippen LogP contribution in [0.15, 0.2) is 54.6 Å². The number of aliphatic hydroxyl groups is 1. The number of benzene rings is 2. The first-order chi connectivity index (χ1) is 12.2. The number of carbonyl (C=O) groups is 1. The van der Waals surface area contributed by atoms with Gasteiger partial charge in [-0.1, -0.05) is 42.5 Å². The van der Waals surface area contributed by atoms with E-state index in [1.165, 1.54) is 0 Å². The molecule has 0 unspecified atom stereocenters. The smallest absolute Gasteiger partial charge is 0.319 e. The van der Waals surface area contributed by atoms with E-state index in [0.717, 1.165) is 34.1 Å². The van der Waals surface area contributed by atoms with Crippen LogP contribution >= 0.6 is 0 Å². The first-order valence-electron chi connectivity index (χ1n) is 8.25. The molecule has 5 nitrogen and oxygen atoms in total. The molecule has 25 heavy (non-hydrogen) atoms. The highest BCUT2D eigenvalue weighted by molar-refractivity contribution is 5.99. The number of amides is 2. The Morgan fingerprint density at radius 3 is 2.56 bits per heavy atom. The quantitative estimate of drug-likeness (QED) is 0.669. The summed E-state index contributed by atoms with van der Waals surface area (Å²) >= 11 is 0. The second kappa shape index (κ2) is 7.77. The summed E-state index contributed by atoms with van der Waals surface area (Å²) < 4.78 is 0. The monoisotopic (exact) mass is 335 g/mol. The van der Waals surface area contributed by atoms with Crippen LogP contribution in [0, 0.1) is 6.92 Å². The number of fused-ring (bicyclic) bond motifs is 1. The van der Waals surface area contributed by atoms with E-state index in [1.54, 1.807) is 0 Å². The molecule has 0 aliphatic rings. The Bertz CT molecular complexity index is 876. The Hall–Kier alpha value is -2.92. The Labute approximate surface area is 146 Å². The van der Waals surface area contributed by atoms with Gasteiger partial charge in [0.1, 0.15) is 0 Å². The number of aliphatic hydroxyl groups excluding tert-OH is 1. The molecule has 0 radical (unpaired) electrons. The van der Waals surface area contributed by atoms with Crippen molar-refractivity contribution >= 4 is 22.6 Å². The van der Waals surface area contributed by atoms with Crippen LogP contribution in [0.1, 0.15) is 16.8 Å². The third kappa shape index (κ3) is 4.33. The highest BCUT2D eigenvalue weighted by Gasteiger charge is 2.06. The van der Waals surface area contributed by atoms with Crippen molar-refractivity contribution < 1.29 is 9.90 Å². The summed E-state index contributed by atoms with van der Waals surface area (Å²) in [5, 5.41) is 15.8. The van der Waals surface area contributed by atoms with Crippen LogP contribution in [0.25, 0.3) is 10.9 Å². The van der Waals surface area contributed by atoms with Crippen molar-refractivity contribution in [2.24, 2.45) is 0 Å². The van der Waals surface area contributed by atoms with E-state index in [0.29, 0.717) is 12.2 Å². The lowest BCUT2D eigenvalue weighted by molar-refractivity contribution is 0.252. The lowest BCUT2D eigenvalue weighted by Crippen LogP contribution is -2.30. The third-order valence-corrected chi connectivity index (χ3v) is 4.01. The lowest BCUT2D eigenvalue weighted by Gasteiger charge is -2.10. The predicted octanol–water partition coefficient (Wildman–Crippen LogP) is 3.40. The maximum atomic E-state index is 12.1. The fourth-order valence-corrected chi connectivity index (χ4v) is 2.64. The Balaban J connectivity index is 1.58. The number of urea groups is 1. The second-order valence-electron chi connectivity index (χ2n) is 5.94. The van der Waals surface area contributed by atoms with Crippen LogP contribution < -0.4 is 10.6 Å². The van der Waals surface area contributed by atoms with E-state index in [9.17, 15) is 4.79 Å². The molecule has 128 valence electrons. The van der Waals surface area contributed by atoms with Gasteiger partial charge in [-0.2, -0.15) is 0 Å². The van der Waals surface area contributed by atoms with Gasteiger partial charge in [-0.3, -0.25) is 4.98 Å². The molecule has 0 spiro atoms. The van der Waals surface area contributed by atoms with Crippen molar-refractivity contribution in [3.8, 4) is 0 Å². The maximum absolute atomic E-state index is 12.1. The largest absolute Gasteiger partial charge is 0.392 e. The van der Waals surface area contributed by atoms with Gasteiger partial charge >= 0.3 is 6.03 Å². The standard InChI is InChI=1S/C20H21N3O2/c1-14-5-10-17-3-2-4-18(19(17)22-14)23-20(25)21-12-11-15-6-8-16(13-24)9-7-15/h2-10,24H,11-13H2,1H3,(H2,21,23,25). The average Bonchev–Trinajstić information content (AvgIpc) is 2.63. The van der Waals surface area contributed by atoms with Crippen LogP contribution in [0.4, 0.5) is 10.5 Å². The summed E-state index contributed by atoms with van der Waals surface area (Å²) in [6.07, 6.45) is 0.728. The minimum atomic E-state index is -0.247. The van der Waals surface area contributed by atoms with E-state index in [4.69, 9.17) is 5.11 Å². The van der Waals surface area contributed by atoms with Gasteiger partial charge in [0.2, 0.25) is 0 Å². The molecule has 0 aliphatic carbocycles. The number of nitrogens with one attached hydrogen (secondary N) is 2. The van der Waals surface area contributed by atoms with Crippen LogP contribution in [0.2, 0.25) is 0 Å². The Kier molecular flexibility index (Phi) is 5.26. The van der Waals surface area contributed by atoms with Crippen LogP contribution in [0.3, 0.4) is 0 Å². The number of aryl methyl sites for hydroxylation is 1. The SMILES string of the molecule is Cc1ccc2cccc(NC(=O)NCCc3ccc(CO)cc3)c2n1. The highest BCUT2D eigenvalue weighted by Crippen LogP contribution is 2.21. The van der Waals surface area contributed by atoms with Crippen molar-refractivity contribution in [1.82, 2.24) is 10.3 Å². The normalized spacial score (nSPS) is 10.6. The zero-order valence-electron chi connectivity index (χ0n) is 14.1. The molecule has 2 aromatic carbocycles. The molecule has 1 aromatic heterocycles. The Morgan fingerprint density at radius 1 is 1.04 bits per heavy atom. The van der Waals surface area contributed by atoms with Gasteiger partial charge < -0.3 is 15.7 Å². The number of hydrogen-bond acceptors (Lipinski definition) is 3. The van der Waals surface area contributed by atoms with Crippen LogP contribution in [0.5, 0.6) is 0 Å². The summed E-state index contributed by atoms with van der Waals surface area (Å²) in [5.41, 5.74) is 4.39. The fourth-order valence-electron chi connectivity index (χ4n) is 2.64. The van der Waals surface area contributed by atoms with Gasteiger partial charge in [0.05, 0.1) is 17.8 Å². The molecule has 3 aromatic rings. The van der Waals surface area contributed by atoms with Crippen molar-refractivity contribution in [2.45, 2.75) is 20.0 Å². The van der Waals surface area contributed by atoms with Gasteiger partial charge in [0.25, 0.3) is 0 Å². The third-order valence-electron chi connectivity index (χ3n) is 4.01. The van der Waals surface area contributed by atoms with Crippen molar-refractivity contribution in [3.05, 3.63) is 71.4 Å². The van der Waals surface area contributed by atoms with Crippen molar-refractivity contribution in [1.29, 1.82) is 0 Å². The summed E-state index contributed by atoms with van der Waals surface area (Å²) in [6.45, 7) is 2.50. The molecule has 0 bridgehead atoms. The van der Waals surface area contributed by atoms with Gasteiger partial charge in [0, 0.05) is 17.6 Å². The van der Waals surface area contributed by atoms with E-state index in [2.05, 4.69) is 15.6 Å². The topological polar surface area (TPSA) is 74.2 Å². The summed E-state index contributed by atoms with van der Waals surface area (Å²) in [6, 6.07) is 17.1. The fraction of sp³-hybridized carbons (Fsp3) is 0.200. The molecular weight excluding hydrogens is 314 g/mol. The average molecular weight is 335 g/mol. The van der Waals surface area contributed by atoms with Gasteiger partial charge in [-0.25, -0.2) is 4.79 Å². The first-order valence-corrected chi connectivity index (χ1v) is 8.25. The minimum Gasteiger partial charge on any atom is -0.392 e. The summed E-state index contributed by atoms with van der Waals surface area (Å²) in [4.78, 5) is 16.7. The molecule has 3 rings (SSSR count). The number of rotatable bonds is 5. The molecular formula is C20H21N3O2. The van der Waals surface area contributed by atoms with E-state index < -0.39 is 0 Å². The summed E-state index contributed by atoms with van der Waals surface area (Å²) in [5.74, 6) is 0. The number of carbonyl (C=O) groups excluding carboxylic acids is 1. The van der Waals surface area contributed by atoms with Crippen LogP contribution in [-0.4, -0.2) is 22.7 Å². The molecule has 3 N–H and O–H groups in total. The molecule has 1 heterocycles. The number of pyridine rings is 1. The predicted molar refractivity (Wildman–Crippen MR) is 99.6 cm³/mol. The van der Waals surface area contributed by atoms with E-state index in [-0.39, 0.29) is 12.6 Å². The number of hydrogen-bond donors (Lipinski definition) is 3. The van der Waals surface area contributed by atoms with Crippen LogP contribution in [-0.2, 0) is 13.0 Å². The number of para-hydroxylation sites is 1. The lowest BCUT2D eigenvalue weighted by atomic mass is 10.1. The molecule has 5 heteroatoms. The van der Waals surface area contributed by atoms with Gasteiger partial charge in [0.15, 0.2) is 0 Å². The van der Waals surface area contributed by atoms with E-state index >= 15 is 0 Å². The minimum absolute atomic E-state index is 0.0411. The summed E-state index contributed by atoms with van der Waals surface area (Å²) in [7, 11) is 0. The molecule has 0 saturated carbocycles. The Morgan fingerprint density at radius 2 is 1.80 bits per heavy atom. The first kappa shape index (κ1) is 16.9. The molecule has 0 fully saturated rings. The van der Waals surface area contributed by atoms with Crippen molar-refractivity contribution in [2.75, 3.05) is 11.9 Å². The number of aromatic nitrogens is 1. The molecule has 2 amide bonds. The zero-order valence-corrected chi connectivity index (χ0v) is 14.1. The zero-order chi connectivity index (χ0) is 17.6. The number of anilines is 1. The molecule has 0 atom stereocenters. The van der Waals surface area contributed by atoms with Gasteiger partial charge in [-0.15, -0.1) is 0 Å². The molecule has 0 saturated heterocycles. The maximum Gasteiger partial charge on any atom is 0.319 e. The van der Waals surface area contributed by atoms with Crippen molar-refractivity contribution in [3.63, 3.8) is 0 Å². The van der Waals surface area contributed by atoms with Gasteiger partial charge in [-0.05, 0) is 36.6 Å². The van der Waals surface area contributed by atoms with E-state index in [1.807, 2.05) is 61.5 Å².